The van der Waals surface area contributed by atoms with Crippen molar-refractivity contribution < 1.29 is 0 Å². The Hall–Kier alpha value is -1.21. The van der Waals surface area contributed by atoms with Crippen LogP contribution >= 0.6 is 11.3 Å². The molecule has 0 unspecified atom stereocenters. The number of nitrogen functional groups attached to an aromatic ring is 1. The summed E-state index contributed by atoms with van der Waals surface area (Å²) in [5.74, 6) is 0. The molecule has 0 radical (unpaired) electrons. The largest absolute Gasteiger partial charge is 0.397 e. The molecule has 1 heterocycles. The summed E-state index contributed by atoms with van der Waals surface area (Å²) in [6, 6.07) is 4.56. The van der Waals surface area contributed by atoms with Crippen LogP contribution in [0.25, 0.3) is 0 Å². The van der Waals surface area contributed by atoms with Crippen LogP contribution in [0.3, 0.4) is 0 Å². The lowest BCUT2D eigenvalue weighted by Gasteiger charge is -2.15. The highest BCUT2D eigenvalue weighted by molar-refractivity contribution is 7.17. The molecule has 3 nitrogen and oxygen atoms in total. The number of nitrogens with one attached hydrogen (secondary N) is 1. The average molecular weight is 235 g/mol. The number of hydrogen-bond donors (Lipinski definition) is 2. The molecule has 0 bridgehead atoms. The zero-order valence-electron chi connectivity index (χ0n) is 9.33. The van der Waals surface area contributed by atoms with Gasteiger partial charge in [0.15, 0.2) is 0 Å². The first kappa shape index (κ1) is 11.3. The zero-order valence-corrected chi connectivity index (χ0v) is 10.1. The summed E-state index contributed by atoms with van der Waals surface area (Å²) >= 11 is 1.46. The van der Waals surface area contributed by atoms with Gasteiger partial charge in [-0.25, -0.2) is 0 Å². The predicted molar refractivity (Wildman–Crippen MR) is 68.6 cm³/mol. The monoisotopic (exact) mass is 235 g/mol. The molecule has 1 aliphatic carbocycles. The van der Waals surface area contributed by atoms with Crippen molar-refractivity contribution in [2.24, 2.45) is 0 Å². The van der Waals surface area contributed by atoms with E-state index >= 15 is 0 Å². The molecular weight excluding hydrogens is 218 g/mol. The first-order valence-electron chi connectivity index (χ1n) is 5.85. The van der Waals surface area contributed by atoms with Crippen LogP contribution in [0.15, 0.2) is 6.07 Å². The van der Waals surface area contributed by atoms with Gasteiger partial charge in [-0.3, -0.25) is 0 Å². The molecule has 0 aromatic carbocycles. The van der Waals surface area contributed by atoms with Gasteiger partial charge in [-0.2, -0.15) is 5.26 Å². The van der Waals surface area contributed by atoms with Gasteiger partial charge < -0.3 is 11.1 Å². The molecule has 16 heavy (non-hydrogen) atoms. The topological polar surface area (TPSA) is 61.8 Å². The summed E-state index contributed by atoms with van der Waals surface area (Å²) in [5.41, 5.74) is 6.34. The lowest BCUT2D eigenvalue weighted by molar-refractivity contribution is 0.621. The first-order valence-corrected chi connectivity index (χ1v) is 6.67. The summed E-state index contributed by atoms with van der Waals surface area (Å²) in [5, 5.41) is 13.4. The molecule has 2 rings (SSSR count). The molecule has 1 saturated carbocycles. The van der Waals surface area contributed by atoms with Gasteiger partial charge in [0.25, 0.3) is 0 Å². The standard InChI is InChI=1S/C12H17N3S/c13-8-11-10(14)7-12(16-11)15-9-5-3-1-2-4-6-9/h7,9,15H,1-6,14H2. The molecule has 0 atom stereocenters. The van der Waals surface area contributed by atoms with E-state index in [1.54, 1.807) is 0 Å². The van der Waals surface area contributed by atoms with Crippen LogP contribution in [0.4, 0.5) is 10.7 Å². The molecule has 1 aliphatic rings. The fourth-order valence-corrected chi connectivity index (χ4v) is 3.04. The maximum absolute atomic E-state index is 8.84. The van der Waals surface area contributed by atoms with Crippen LogP contribution in [-0.2, 0) is 0 Å². The van der Waals surface area contributed by atoms with Gasteiger partial charge >= 0.3 is 0 Å². The summed E-state index contributed by atoms with van der Waals surface area (Å²) in [6.07, 6.45) is 7.80. The molecule has 1 aromatic rings. The van der Waals surface area contributed by atoms with Gasteiger partial charge in [0.1, 0.15) is 10.9 Å². The summed E-state index contributed by atoms with van der Waals surface area (Å²) in [7, 11) is 0. The van der Waals surface area contributed by atoms with E-state index in [1.165, 1.54) is 49.9 Å². The molecule has 0 saturated heterocycles. The third kappa shape index (κ3) is 2.67. The third-order valence-electron chi connectivity index (χ3n) is 3.06. The van der Waals surface area contributed by atoms with Crippen LogP contribution in [0, 0.1) is 11.3 Å². The van der Waals surface area contributed by atoms with Crippen molar-refractivity contribution >= 4 is 22.0 Å². The minimum Gasteiger partial charge on any atom is -0.397 e. The quantitative estimate of drug-likeness (QED) is 0.773. The Bertz CT molecular complexity index is 383. The lowest BCUT2D eigenvalue weighted by atomic mass is 10.1. The number of thiophene rings is 1. The van der Waals surface area contributed by atoms with Gasteiger partial charge in [-0.1, -0.05) is 25.7 Å². The van der Waals surface area contributed by atoms with Crippen molar-refractivity contribution in [3.63, 3.8) is 0 Å². The van der Waals surface area contributed by atoms with E-state index in [1.807, 2.05) is 6.07 Å². The molecule has 4 heteroatoms. The third-order valence-corrected chi connectivity index (χ3v) is 4.05. The maximum atomic E-state index is 8.84. The molecule has 86 valence electrons. The van der Waals surface area contributed by atoms with Crippen LogP contribution in [0.5, 0.6) is 0 Å². The summed E-state index contributed by atoms with van der Waals surface area (Å²) in [6.45, 7) is 0. The van der Waals surface area contributed by atoms with E-state index in [4.69, 9.17) is 11.0 Å². The van der Waals surface area contributed by atoms with Gasteiger partial charge in [0, 0.05) is 6.04 Å². The zero-order chi connectivity index (χ0) is 11.4. The van der Waals surface area contributed by atoms with Gasteiger partial charge in [0.2, 0.25) is 0 Å². The Morgan fingerprint density at radius 1 is 1.31 bits per heavy atom. The molecule has 1 fully saturated rings. The van der Waals surface area contributed by atoms with Crippen LogP contribution in [0.2, 0.25) is 0 Å². The van der Waals surface area contributed by atoms with E-state index in [0.29, 0.717) is 16.6 Å². The van der Waals surface area contributed by atoms with E-state index in [9.17, 15) is 0 Å². The Morgan fingerprint density at radius 2 is 2.00 bits per heavy atom. The van der Waals surface area contributed by atoms with Crippen LogP contribution in [-0.4, -0.2) is 6.04 Å². The van der Waals surface area contributed by atoms with Crippen molar-refractivity contribution in [1.82, 2.24) is 0 Å². The Labute approximate surface area is 100 Å². The maximum Gasteiger partial charge on any atom is 0.129 e. The van der Waals surface area contributed by atoms with E-state index < -0.39 is 0 Å². The number of anilines is 2. The second-order valence-electron chi connectivity index (χ2n) is 4.34. The van der Waals surface area contributed by atoms with Crippen LogP contribution < -0.4 is 11.1 Å². The number of rotatable bonds is 2. The van der Waals surface area contributed by atoms with Gasteiger partial charge in [-0.15, -0.1) is 11.3 Å². The fourth-order valence-electron chi connectivity index (χ4n) is 2.19. The lowest BCUT2D eigenvalue weighted by Crippen LogP contribution is -2.17. The number of hydrogen-bond acceptors (Lipinski definition) is 4. The first-order chi connectivity index (χ1) is 7.79. The highest BCUT2D eigenvalue weighted by atomic mass is 32.1. The minimum absolute atomic E-state index is 0.562. The van der Waals surface area contributed by atoms with Gasteiger partial charge in [0.05, 0.1) is 10.7 Å². The van der Waals surface area contributed by atoms with Crippen molar-refractivity contribution in [3.05, 3.63) is 10.9 Å². The molecule has 1 aromatic heterocycles. The van der Waals surface area contributed by atoms with Crippen molar-refractivity contribution in [2.75, 3.05) is 11.1 Å². The van der Waals surface area contributed by atoms with Crippen molar-refractivity contribution in [3.8, 4) is 6.07 Å². The molecule has 3 N–H and O–H groups in total. The fraction of sp³-hybridized carbons (Fsp3) is 0.583. The number of nitrogens with zero attached hydrogens (tertiary/aromatic N) is 1. The highest BCUT2D eigenvalue weighted by Crippen LogP contribution is 2.30. The Kier molecular flexibility index (Phi) is 3.68. The highest BCUT2D eigenvalue weighted by Gasteiger charge is 2.13. The molecule has 0 aliphatic heterocycles. The van der Waals surface area contributed by atoms with Gasteiger partial charge in [-0.05, 0) is 18.9 Å². The number of nitriles is 1. The molecular formula is C12H17N3S. The average Bonchev–Trinajstić information content (AvgIpc) is 2.50. The second-order valence-corrected chi connectivity index (χ2v) is 5.39. The van der Waals surface area contributed by atoms with Crippen molar-refractivity contribution in [1.29, 1.82) is 5.26 Å². The number of nitrogens with two attached hydrogens (primary N) is 1. The Balaban J connectivity index is 1.99. The minimum atomic E-state index is 0.562. The smallest absolute Gasteiger partial charge is 0.129 e. The Morgan fingerprint density at radius 3 is 2.56 bits per heavy atom. The molecule has 0 spiro atoms. The van der Waals surface area contributed by atoms with E-state index in [0.717, 1.165) is 5.00 Å². The summed E-state index contributed by atoms with van der Waals surface area (Å²) in [4.78, 5) is 0.621. The van der Waals surface area contributed by atoms with Crippen LogP contribution in [0.1, 0.15) is 43.4 Å². The van der Waals surface area contributed by atoms with E-state index in [-0.39, 0.29) is 0 Å². The van der Waals surface area contributed by atoms with Crippen molar-refractivity contribution in [2.45, 2.75) is 44.6 Å². The van der Waals surface area contributed by atoms with E-state index in [2.05, 4.69) is 11.4 Å². The SMILES string of the molecule is N#Cc1sc(NC2CCCCCC2)cc1N. The predicted octanol–water partition coefficient (Wildman–Crippen LogP) is 3.34. The second kappa shape index (κ2) is 5.22. The normalized spacial score (nSPS) is 17.7. The summed E-state index contributed by atoms with van der Waals surface area (Å²) < 4.78 is 0. The molecule has 0 amide bonds.